The zero-order valence-electron chi connectivity index (χ0n) is 31.2. The number of aromatic nitrogens is 4. The third-order valence-electron chi connectivity index (χ3n) is 11.4. The summed E-state index contributed by atoms with van der Waals surface area (Å²) in [5.41, 5.74) is 9.73. The molecule has 58 heavy (non-hydrogen) atoms. The average molecular weight is 741 g/mol. The molecule has 0 fully saturated rings. The zero-order valence-corrected chi connectivity index (χ0v) is 31.2. The molecule has 12 rings (SSSR count). The first-order chi connectivity index (χ1) is 28.7. The summed E-state index contributed by atoms with van der Waals surface area (Å²) in [5, 5.41) is 9.14. The fraction of sp³-hybridized carbons (Fsp3) is 0. The Bertz CT molecular complexity index is 3550. The first-order valence-electron chi connectivity index (χ1n) is 19.5. The van der Waals surface area contributed by atoms with Gasteiger partial charge in [-0.2, -0.15) is 0 Å². The topological polar surface area (TPSA) is 56.7 Å². The molecule has 0 bridgehead atoms. The summed E-state index contributed by atoms with van der Waals surface area (Å²) < 4.78 is 8.98. The van der Waals surface area contributed by atoms with E-state index in [1.165, 1.54) is 32.3 Å². The van der Waals surface area contributed by atoms with Crippen LogP contribution >= 0.6 is 0 Å². The lowest BCUT2D eigenvalue weighted by atomic mass is 10.0. The SMILES string of the molecule is c1ccc(-c2ccc(-c3nc(-c4ccccc4)nc(-c4c(-n5c6cc7ccccc7cc6c6c7ccccc7ccc65)ccc5oc6ccccc6c45)n3)cc2)cc1. The maximum atomic E-state index is 6.58. The first kappa shape index (κ1) is 32.4. The third kappa shape index (κ3) is 5.07. The second kappa shape index (κ2) is 12.8. The van der Waals surface area contributed by atoms with Crippen molar-refractivity contribution in [3.05, 3.63) is 194 Å². The highest BCUT2D eigenvalue weighted by Gasteiger charge is 2.25. The van der Waals surface area contributed by atoms with Crippen LogP contribution in [0.4, 0.5) is 0 Å². The van der Waals surface area contributed by atoms with Crippen LogP contribution in [0.5, 0.6) is 0 Å². The van der Waals surface area contributed by atoms with Gasteiger partial charge in [-0.15, -0.1) is 0 Å². The van der Waals surface area contributed by atoms with E-state index < -0.39 is 0 Å². The Hall–Kier alpha value is -7.89. The maximum Gasteiger partial charge on any atom is 0.166 e. The average Bonchev–Trinajstić information content (AvgIpc) is 3.84. The van der Waals surface area contributed by atoms with Crippen LogP contribution in [0, 0.1) is 0 Å². The van der Waals surface area contributed by atoms with Crippen LogP contribution < -0.4 is 0 Å². The molecule has 0 unspecified atom stereocenters. The normalized spacial score (nSPS) is 11.8. The van der Waals surface area contributed by atoms with E-state index in [9.17, 15) is 0 Å². The van der Waals surface area contributed by atoms with Gasteiger partial charge in [-0.05, 0) is 69.1 Å². The van der Waals surface area contributed by atoms with Crippen molar-refractivity contribution < 1.29 is 4.42 Å². The van der Waals surface area contributed by atoms with Crippen molar-refractivity contribution in [2.24, 2.45) is 0 Å². The van der Waals surface area contributed by atoms with Gasteiger partial charge in [-0.1, -0.05) is 158 Å². The monoisotopic (exact) mass is 740 g/mol. The highest BCUT2D eigenvalue weighted by atomic mass is 16.3. The van der Waals surface area contributed by atoms with Gasteiger partial charge in [-0.25, -0.2) is 15.0 Å². The van der Waals surface area contributed by atoms with E-state index in [1.807, 2.05) is 36.4 Å². The van der Waals surface area contributed by atoms with Crippen LogP contribution in [0.25, 0.3) is 116 Å². The van der Waals surface area contributed by atoms with Gasteiger partial charge in [0.15, 0.2) is 17.5 Å². The third-order valence-corrected chi connectivity index (χ3v) is 11.4. The van der Waals surface area contributed by atoms with Crippen LogP contribution in [0.2, 0.25) is 0 Å². The highest BCUT2D eigenvalue weighted by molar-refractivity contribution is 6.24. The van der Waals surface area contributed by atoms with E-state index in [0.29, 0.717) is 17.5 Å². The molecule has 5 nitrogen and oxygen atoms in total. The van der Waals surface area contributed by atoms with E-state index in [4.69, 9.17) is 19.4 Å². The summed E-state index contributed by atoms with van der Waals surface area (Å²) in [6.07, 6.45) is 0. The summed E-state index contributed by atoms with van der Waals surface area (Å²) in [6, 6.07) is 68.0. The van der Waals surface area contributed by atoms with Crippen molar-refractivity contribution in [3.8, 4) is 51.0 Å². The fourth-order valence-corrected chi connectivity index (χ4v) is 8.73. The van der Waals surface area contributed by atoms with E-state index in [2.05, 4.69) is 162 Å². The lowest BCUT2D eigenvalue weighted by Crippen LogP contribution is -2.04. The Labute approximate surface area is 333 Å². The zero-order chi connectivity index (χ0) is 38.2. The molecule has 0 amide bonds. The van der Waals surface area contributed by atoms with Crippen molar-refractivity contribution in [2.75, 3.05) is 0 Å². The fourth-order valence-electron chi connectivity index (χ4n) is 8.73. The number of rotatable bonds is 5. The summed E-state index contributed by atoms with van der Waals surface area (Å²) in [6.45, 7) is 0. The van der Waals surface area contributed by atoms with Crippen molar-refractivity contribution >= 4 is 65.3 Å². The van der Waals surface area contributed by atoms with Crippen molar-refractivity contribution in [3.63, 3.8) is 0 Å². The number of fused-ring (bicyclic) bond motifs is 9. The molecule has 5 heteroatoms. The molecule has 0 aliphatic carbocycles. The molecular weight excluding hydrogens is 709 g/mol. The van der Waals surface area contributed by atoms with Crippen LogP contribution in [0.3, 0.4) is 0 Å². The Morgan fingerprint density at radius 2 is 0.914 bits per heavy atom. The van der Waals surface area contributed by atoms with Crippen molar-refractivity contribution in [1.82, 2.24) is 19.5 Å². The molecule has 0 radical (unpaired) electrons. The standard InChI is InChI=1S/C53H32N4O/c1-3-13-33(14-4-1)34-23-25-37(26-24-34)52-54-51(36-16-5-2-6-17-36)55-53(56-52)50-44(29-30-47-49(50)41-21-11-12-22-46(41)58-47)57-43-28-27-35-15-9-10-20-40(35)48(43)42-31-38-18-7-8-19-39(38)32-45(42)57/h1-32H. The molecule has 0 aliphatic heterocycles. The van der Waals surface area contributed by atoms with E-state index in [0.717, 1.165) is 66.5 Å². The Morgan fingerprint density at radius 3 is 1.67 bits per heavy atom. The van der Waals surface area contributed by atoms with Gasteiger partial charge in [0.2, 0.25) is 0 Å². The van der Waals surface area contributed by atoms with Crippen LogP contribution in [0.1, 0.15) is 0 Å². The highest BCUT2D eigenvalue weighted by Crippen LogP contribution is 2.45. The minimum absolute atomic E-state index is 0.569. The van der Waals surface area contributed by atoms with Gasteiger partial charge in [-0.3, -0.25) is 0 Å². The van der Waals surface area contributed by atoms with E-state index >= 15 is 0 Å². The lowest BCUT2D eigenvalue weighted by Gasteiger charge is -2.16. The van der Waals surface area contributed by atoms with Gasteiger partial charge < -0.3 is 8.98 Å². The Kier molecular flexibility index (Phi) is 7.16. The van der Waals surface area contributed by atoms with Crippen LogP contribution in [0.15, 0.2) is 199 Å². The van der Waals surface area contributed by atoms with E-state index in [1.54, 1.807) is 0 Å². The second-order valence-corrected chi connectivity index (χ2v) is 14.8. The Balaban J connectivity index is 1.20. The lowest BCUT2D eigenvalue weighted by molar-refractivity contribution is 0.669. The molecule has 0 spiro atoms. The predicted octanol–water partition coefficient (Wildman–Crippen LogP) is 13.8. The van der Waals surface area contributed by atoms with E-state index in [-0.39, 0.29) is 0 Å². The summed E-state index contributed by atoms with van der Waals surface area (Å²) in [4.78, 5) is 15.9. The number of para-hydroxylation sites is 1. The van der Waals surface area contributed by atoms with Crippen LogP contribution in [-0.4, -0.2) is 19.5 Å². The Morgan fingerprint density at radius 1 is 0.345 bits per heavy atom. The second-order valence-electron chi connectivity index (χ2n) is 14.8. The van der Waals surface area contributed by atoms with Gasteiger partial charge in [0.05, 0.1) is 22.3 Å². The van der Waals surface area contributed by atoms with Gasteiger partial charge in [0, 0.05) is 32.7 Å². The number of furan rings is 1. The maximum absolute atomic E-state index is 6.58. The van der Waals surface area contributed by atoms with Crippen LogP contribution in [-0.2, 0) is 0 Å². The predicted molar refractivity (Wildman–Crippen MR) is 238 cm³/mol. The van der Waals surface area contributed by atoms with Crippen molar-refractivity contribution in [2.45, 2.75) is 0 Å². The number of benzene rings is 9. The molecule has 0 saturated carbocycles. The molecule has 12 aromatic rings. The summed E-state index contributed by atoms with van der Waals surface area (Å²) in [5.74, 6) is 1.76. The quantitative estimate of drug-likeness (QED) is 0.176. The molecule has 9 aromatic carbocycles. The number of hydrogen-bond acceptors (Lipinski definition) is 4. The number of nitrogens with zero attached hydrogens (tertiary/aromatic N) is 4. The molecule has 270 valence electrons. The largest absolute Gasteiger partial charge is 0.456 e. The molecule has 0 saturated heterocycles. The molecule has 0 N–H and O–H groups in total. The smallest absolute Gasteiger partial charge is 0.166 e. The number of hydrogen-bond donors (Lipinski definition) is 0. The van der Waals surface area contributed by atoms with Gasteiger partial charge in [0.25, 0.3) is 0 Å². The molecule has 3 heterocycles. The van der Waals surface area contributed by atoms with Crippen molar-refractivity contribution in [1.29, 1.82) is 0 Å². The molecule has 0 atom stereocenters. The minimum Gasteiger partial charge on any atom is -0.456 e. The minimum atomic E-state index is 0.569. The molecular formula is C53H32N4O. The molecule has 0 aliphatic rings. The van der Waals surface area contributed by atoms with Gasteiger partial charge >= 0.3 is 0 Å². The van der Waals surface area contributed by atoms with Gasteiger partial charge in [0.1, 0.15) is 11.2 Å². The summed E-state index contributed by atoms with van der Waals surface area (Å²) >= 11 is 0. The first-order valence-corrected chi connectivity index (χ1v) is 19.5. The molecule has 3 aromatic heterocycles. The summed E-state index contributed by atoms with van der Waals surface area (Å²) in [7, 11) is 0.